The van der Waals surface area contributed by atoms with Gasteiger partial charge in [0.15, 0.2) is 0 Å². The molecule has 2 aromatic carbocycles. The quantitative estimate of drug-likeness (QED) is 0.321. The Hall–Kier alpha value is -3.06. The number of hydrogen-bond acceptors (Lipinski definition) is 5. The van der Waals surface area contributed by atoms with Crippen LogP contribution in [0.4, 0.5) is 0 Å². The van der Waals surface area contributed by atoms with Crippen LogP contribution in [-0.2, 0) is 5.60 Å². The molecule has 1 unspecified atom stereocenters. The number of hydrogen-bond donors (Lipinski definition) is 2. The lowest BCUT2D eigenvalue weighted by molar-refractivity contribution is 0.0785. The number of halogens is 1. The van der Waals surface area contributed by atoms with Crippen molar-refractivity contribution in [3.05, 3.63) is 89.0 Å². The molecule has 186 valence electrons. The number of aliphatic hydroxyl groups is 1. The molecule has 5 rings (SSSR count). The van der Waals surface area contributed by atoms with Crippen molar-refractivity contribution in [1.82, 2.24) is 25.1 Å². The molecular weight excluding hydrogens is 470 g/mol. The summed E-state index contributed by atoms with van der Waals surface area (Å²) in [5.74, 6) is 0.365. The van der Waals surface area contributed by atoms with Crippen molar-refractivity contribution in [2.45, 2.75) is 51.2 Å². The van der Waals surface area contributed by atoms with Gasteiger partial charge >= 0.3 is 0 Å². The second kappa shape index (κ2) is 10.1. The minimum Gasteiger partial charge on any atom is -0.386 e. The smallest absolute Gasteiger partial charge is 0.116 e. The maximum atomic E-state index is 10.3. The van der Waals surface area contributed by atoms with Crippen LogP contribution in [-0.4, -0.2) is 43.3 Å². The van der Waals surface area contributed by atoms with Crippen molar-refractivity contribution in [2.24, 2.45) is 0 Å². The minimum absolute atomic E-state index is 0.314. The second-order valence-electron chi connectivity index (χ2n) is 10.1. The van der Waals surface area contributed by atoms with Crippen LogP contribution >= 0.6 is 11.6 Å². The van der Waals surface area contributed by atoms with E-state index in [0.29, 0.717) is 17.0 Å². The summed E-state index contributed by atoms with van der Waals surface area (Å²) in [6.07, 6.45) is 5.43. The van der Waals surface area contributed by atoms with Crippen molar-refractivity contribution < 1.29 is 5.11 Å². The van der Waals surface area contributed by atoms with E-state index in [-0.39, 0.29) is 0 Å². The predicted octanol–water partition coefficient (Wildman–Crippen LogP) is 6.36. The van der Waals surface area contributed by atoms with Crippen molar-refractivity contribution in [3.63, 3.8) is 0 Å². The topological polar surface area (TPSA) is 77.9 Å². The molecule has 1 fully saturated rings. The number of piperidine rings is 1. The van der Waals surface area contributed by atoms with E-state index in [0.717, 1.165) is 59.7 Å². The highest BCUT2D eigenvalue weighted by atomic mass is 35.5. The van der Waals surface area contributed by atoms with E-state index in [2.05, 4.69) is 39.0 Å². The van der Waals surface area contributed by atoms with Gasteiger partial charge < -0.3 is 5.11 Å². The van der Waals surface area contributed by atoms with Gasteiger partial charge in [-0.05, 0) is 76.0 Å². The zero-order valence-corrected chi connectivity index (χ0v) is 21.7. The number of nitrogens with one attached hydrogen (secondary N) is 1. The number of rotatable bonds is 6. The lowest BCUT2D eigenvalue weighted by Gasteiger charge is -2.36. The Morgan fingerprint density at radius 1 is 1.03 bits per heavy atom. The molecule has 1 atom stereocenters. The summed E-state index contributed by atoms with van der Waals surface area (Å²) in [4.78, 5) is 11.2. The van der Waals surface area contributed by atoms with E-state index >= 15 is 0 Å². The lowest BCUT2D eigenvalue weighted by Crippen LogP contribution is -2.35. The van der Waals surface area contributed by atoms with Crippen molar-refractivity contribution in [3.8, 4) is 22.5 Å². The standard InChI is InChI=1S/C29H32ClN5O/c1-19(20-4-8-23(9-5-20)29(2,3)36)35-16-13-22(14-17-35)28-26(25-12-15-31-18-32-25)27(33-34-28)21-6-10-24(30)11-7-21/h4-12,15,18-19,22,36H,13-14,16-17H2,1-3H3,(H,33,34). The molecule has 0 bridgehead atoms. The zero-order valence-electron chi connectivity index (χ0n) is 20.9. The highest BCUT2D eigenvalue weighted by molar-refractivity contribution is 6.30. The molecular formula is C29H32ClN5O. The van der Waals surface area contributed by atoms with Crippen LogP contribution in [0.5, 0.6) is 0 Å². The van der Waals surface area contributed by atoms with Gasteiger partial charge in [0.1, 0.15) is 12.0 Å². The average Bonchev–Trinajstić information content (AvgIpc) is 3.34. The molecule has 36 heavy (non-hydrogen) atoms. The molecule has 6 nitrogen and oxygen atoms in total. The third kappa shape index (κ3) is 5.07. The van der Waals surface area contributed by atoms with Gasteiger partial charge in [0, 0.05) is 40.0 Å². The molecule has 0 aliphatic carbocycles. The number of aromatic nitrogens is 4. The normalized spacial score (nSPS) is 16.2. The van der Waals surface area contributed by atoms with Crippen LogP contribution in [0, 0.1) is 0 Å². The van der Waals surface area contributed by atoms with Gasteiger partial charge in [0.05, 0.1) is 11.3 Å². The molecule has 0 saturated carbocycles. The van der Waals surface area contributed by atoms with E-state index in [9.17, 15) is 5.11 Å². The van der Waals surface area contributed by atoms with E-state index in [1.54, 1.807) is 12.5 Å². The Kier molecular flexibility index (Phi) is 6.93. The third-order valence-corrected chi connectivity index (χ3v) is 7.59. The first-order valence-corrected chi connectivity index (χ1v) is 12.9. The maximum Gasteiger partial charge on any atom is 0.116 e. The van der Waals surface area contributed by atoms with Gasteiger partial charge in [-0.3, -0.25) is 10.00 Å². The van der Waals surface area contributed by atoms with Crippen LogP contribution in [0.2, 0.25) is 5.02 Å². The number of nitrogens with zero attached hydrogens (tertiary/aromatic N) is 4. The summed E-state index contributed by atoms with van der Waals surface area (Å²) < 4.78 is 0. The summed E-state index contributed by atoms with van der Waals surface area (Å²) in [5, 5.41) is 19.1. The summed E-state index contributed by atoms with van der Waals surface area (Å²) in [6.45, 7) is 7.90. The van der Waals surface area contributed by atoms with Crippen molar-refractivity contribution in [2.75, 3.05) is 13.1 Å². The Balaban J connectivity index is 1.36. The van der Waals surface area contributed by atoms with Crippen LogP contribution in [0.3, 0.4) is 0 Å². The largest absolute Gasteiger partial charge is 0.386 e. The first kappa shape index (κ1) is 24.6. The fourth-order valence-electron chi connectivity index (χ4n) is 5.12. The van der Waals surface area contributed by atoms with Crippen molar-refractivity contribution >= 4 is 11.6 Å². The van der Waals surface area contributed by atoms with Crippen LogP contribution in [0.25, 0.3) is 22.5 Å². The van der Waals surface area contributed by atoms with Crippen LogP contribution in [0.1, 0.15) is 62.4 Å². The molecule has 4 aromatic rings. The van der Waals surface area contributed by atoms with Gasteiger partial charge in [0.25, 0.3) is 0 Å². The SMILES string of the molecule is CC(c1ccc(C(C)(C)O)cc1)N1CCC(c2[nH]nc(-c3ccc(Cl)cc3)c2-c2ccncn2)CC1. The molecule has 7 heteroatoms. The Labute approximate surface area is 217 Å². The minimum atomic E-state index is -0.823. The highest BCUT2D eigenvalue weighted by Crippen LogP contribution is 2.40. The number of benzene rings is 2. The number of likely N-dealkylation sites (tertiary alicyclic amines) is 1. The summed E-state index contributed by atoms with van der Waals surface area (Å²) in [6, 6.07) is 18.4. The molecule has 2 aromatic heterocycles. The van der Waals surface area contributed by atoms with E-state index in [1.807, 2.05) is 56.3 Å². The van der Waals surface area contributed by atoms with Gasteiger partial charge in [-0.2, -0.15) is 5.10 Å². The Bertz CT molecular complexity index is 1290. The van der Waals surface area contributed by atoms with E-state index in [1.165, 1.54) is 5.56 Å². The van der Waals surface area contributed by atoms with Gasteiger partial charge in [-0.1, -0.05) is 48.0 Å². The molecule has 2 N–H and O–H groups in total. The lowest BCUT2D eigenvalue weighted by atomic mass is 9.88. The van der Waals surface area contributed by atoms with Crippen molar-refractivity contribution in [1.29, 1.82) is 0 Å². The molecule has 3 heterocycles. The molecule has 1 aliphatic rings. The summed E-state index contributed by atoms with van der Waals surface area (Å²) in [5.41, 5.74) is 6.35. The number of aromatic amines is 1. The fourth-order valence-corrected chi connectivity index (χ4v) is 5.25. The summed E-state index contributed by atoms with van der Waals surface area (Å²) >= 11 is 6.13. The Morgan fingerprint density at radius 3 is 2.33 bits per heavy atom. The zero-order chi connectivity index (χ0) is 25.3. The monoisotopic (exact) mass is 501 g/mol. The molecule has 0 amide bonds. The predicted molar refractivity (Wildman–Crippen MR) is 144 cm³/mol. The molecule has 0 spiro atoms. The number of H-pyrrole nitrogens is 1. The first-order valence-electron chi connectivity index (χ1n) is 12.5. The molecule has 0 radical (unpaired) electrons. The van der Waals surface area contributed by atoms with Gasteiger partial charge in [-0.25, -0.2) is 9.97 Å². The van der Waals surface area contributed by atoms with E-state index in [4.69, 9.17) is 16.7 Å². The van der Waals surface area contributed by atoms with E-state index < -0.39 is 5.60 Å². The third-order valence-electron chi connectivity index (χ3n) is 7.34. The van der Waals surface area contributed by atoms with Gasteiger partial charge in [-0.15, -0.1) is 0 Å². The fraction of sp³-hybridized carbons (Fsp3) is 0.345. The van der Waals surface area contributed by atoms with Gasteiger partial charge in [0.2, 0.25) is 0 Å². The first-order chi connectivity index (χ1) is 17.3. The highest BCUT2D eigenvalue weighted by Gasteiger charge is 2.29. The maximum absolute atomic E-state index is 10.3. The second-order valence-corrected chi connectivity index (χ2v) is 10.6. The Morgan fingerprint density at radius 2 is 1.72 bits per heavy atom. The van der Waals surface area contributed by atoms with Crippen LogP contribution < -0.4 is 0 Å². The average molecular weight is 502 g/mol. The molecule has 1 saturated heterocycles. The summed E-state index contributed by atoms with van der Waals surface area (Å²) in [7, 11) is 0. The molecule has 1 aliphatic heterocycles. The van der Waals surface area contributed by atoms with Crippen LogP contribution in [0.15, 0.2) is 67.1 Å².